The van der Waals surface area contributed by atoms with Crippen LogP contribution in [0.1, 0.15) is 13.3 Å². The molecule has 5 nitrogen and oxygen atoms in total. The Hall–Kier alpha value is -0.810. The van der Waals surface area contributed by atoms with Gasteiger partial charge in [0.05, 0.1) is 6.10 Å². The van der Waals surface area contributed by atoms with Crippen LogP contribution >= 0.6 is 0 Å². The van der Waals surface area contributed by atoms with Crippen molar-refractivity contribution in [3.05, 3.63) is 4.91 Å². The SMILES string of the molecule is CC1C[C@@H](N=O)[C@@H](O)[C@@H](C=O)O1. The van der Waals surface area contributed by atoms with Gasteiger partial charge in [-0.1, -0.05) is 5.18 Å². The molecule has 5 heteroatoms. The van der Waals surface area contributed by atoms with Gasteiger partial charge in [-0.15, -0.1) is 0 Å². The van der Waals surface area contributed by atoms with Crippen LogP contribution in [0.2, 0.25) is 0 Å². The summed E-state index contributed by atoms with van der Waals surface area (Å²) in [6.07, 6.45) is -1.33. The molecule has 68 valence electrons. The van der Waals surface area contributed by atoms with Crippen molar-refractivity contribution in [2.75, 3.05) is 0 Å². The Bertz CT molecular complexity index is 166. The van der Waals surface area contributed by atoms with E-state index < -0.39 is 18.2 Å². The van der Waals surface area contributed by atoms with Gasteiger partial charge >= 0.3 is 0 Å². The summed E-state index contributed by atoms with van der Waals surface area (Å²) in [7, 11) is 0. The third-order valence-electron chi connectivity index (χ3n) is 1.96. The van der Waals surface area contributed by atoms with Gasteiger partial charge in [-0.3, -0.25) is 0 Å². The molecule has 1 heterocycles. The Labute approximate surface area is 69.7 Å². The highest BCUT2D eigenvalue weighted by atomic mass is 16.5. The van der Waals surface area contributed by atoms with Crippen LogP contribution in [0.15, 0.2) is 5.18 Å². The van der Waals surface area contributed by atoms with E-state index in [2.05, 4.69) is 5.18 Å². The minimum atomic E-state index is -1.09. The topological polar surface area (TPSA) is 76.0 Å². The molecule has 1 unspecified atom stereocenters. The number of hydrogen-bond donors (Lipinski definition) is 1. The lowest BCUT2D eigenvalue weighted by Crippen LogP contribution is -2.47. The van der Waals surface area contributed by atoms with E-state index in [1.807, 2.05) is 0 Å². The smallest absolute Gasteiger partial charge is 0.151 e. The van der Waals surface area contributed by atoms with E-state index in [0.717, 1.165) is 0 Å². The lowest BCUT2D eigenvalue weighted by atomic mass is 9.97. The van der Waals surface area contributed by atoms with Crippen molar-refractivity contribution in [1.29, 1.82) is 0 Å². The van der Waals surface area contributed by atoms with Crippen LogP contribution in [0.4, 0.5) is 0 Å². The molecule has 12 heavy (non-hydrogen) atoms. The molecule has 0 aromatic carbocycles. The standard InChI is InChI=1S/C7H11NO4/c1-4-2-5(8-11)7(10)6(3-9)12-4/h3-7,10H,2H2,1H3/t4?,5-,6-,7-/m1/s1. The van der Waals surface area contributed by atoms with Gasteiger partial charge in [0.1, 0.15) is 18.2 Å². The zero-order chi connectivity index (χ0) is 9.14. The first-order valence-electron chi connectivity index (χ1n) is 3.80. The van der Waals surface area contributed by atoms with Crippen molar-refractivity contribution >= 4 is 6.29 Å². The average Bonchev–Trinajstić information content (AvgIpc) is 2.08. The number of carbonyl (C=O) groups is 1. The monoisotopic (exact) mass is 173 g/mol. The molecule has 0 spiro atoms. The third-order valence-corrected chi connectivity index (χ3v) is 1.96. The molecular formula is C7H11NO4. The predicted octanol–water partition coefficient (Wildman–Crippen LogP) is -0.141. The summed E-state index contributed by atoms with van der Waals surface area (Å²) in [5.41, 5.74) is 0. The van der Waals surface area contributed by atoms with Gasteiger partial charge in [0.15, 0.2) is 6.29 Å². The van der Waals surface area contributed by atoms with Gasteiger partial charge in [0.2, 0.25) is 0 Å². The second-order valence-electron chi connectivity index (χ2n) is 2.95. The fourth-order valence-corrected chi connectivity index (χ4v) is 1.32. The fraction of sp³-hybridized carbons (Fsp3) is 0.857. The summed E-state index contributed by atoms with van der Waals surface area (Å²) >= 11 is 0. The van der Waals surface area contributed by atoms with Gasteiger partial charge in [-0.2, -0.15) is 4.91 Å². The predicted molar refractivity (Wildman–Crippen MR) is 40.6 cm³/mol. The van der Waals surface area contributed by atoms with E-state index in [4.69, 9.17) is 4.74 Å². The van der Waals surface area contributed by atoms with Crippen molar-refractivity contribution in [2.24, 2.45) is 5.18 Å². The molecule has 0 saturated carbocycles. The van der Waals surface area contributed by atoms with E-state index in [-0.39, 0.29) is 6.10 Å². The molecule has 0 bridgehead atoms. The zero-order valence-corrected chi connectivity index (χ0v) is 6.71. The summed E-state index contributed by atoms with van der Waals surface area (Å²) in [4.78, 5) is 20.5. The number of aliphatic hydroxyl groups is 1. The number of carbonyl (C=O) groups excluding carboxylic acids is 1. The van der Waals surface area contributed by atoms with E-state index in [1.165, 1.54) is 0 Å². The van der Waals surface area contributed by atoms with Crippen LogP contribution in [0.3, 0.4) is 0 Å². The molecule has 1 aliphatic heterocycles. The molecule has 1 fully saturated rings. The summed E-state index contributed by atoms with van der Waals surface area (Å²) in [5, 5.41) is 12.0. The Morgan fingerprint density at radius 3 is 2.83 bits per heavy atom. The molecule has 1 saturated heterocycles. The van der Waals surface area contributed by atoms with Gasteiger partial charge in [-0.05, 0) is 6.92 Å². The number of hydrogen-bond acceptors (Lipinski definition) is 5. The van der Waals surface area contributed by atoms with E-state index in [9.17, 15) is 14.8 Å². The van der Waals surface area contributed by atoms with Gasteiger partial charge < -0.3 is 14.6 Å². The third kappa shape index (κ3) is 1.67. The maximum absolute atomic E-state index is 10.3. The summed E-state index contributed by atoms with van der Waals surface area (Å²) in [6, 6.07) is -0.719. The highest BCUT2D eigenvalue weighted by Crippen LogP contribution is 2.21. The van der Waals surface area contributed by atoms with Crippen molar-refractivity contribution < 1.29 is 14.6 Å². The number of rotatable bonds is 2. The number of nitrogens with zero attached hydrogens (tertiary/aromatic N) is 1. The van der Waals surface area contributed by atoms with Gasteiger partial charge in [-0.25, -0.2) is 0 Å². The average molecular weight is 173 g/mol. The number of nitroso groups, excluding NO2 is 1. The van der Waals surface area contributed by atoms with Gasteiger partial charge in [0, 0.05) is 6.42 Å². The second kappa shape index (κ2) is 3.73. The second-order valence-corrected chi connectivity index (χ2v) is 2.95. The summed E-state index contributed by atoms with van der Waals surface area (Å²) in [5.74, 6) is 0. The molecule has 0 amide bonds. The molecule has 1 aliphatic rings. The minimum absolute atomic E-state index is 0.203. The number of aldehydes is 1. The van der Waals surface area contributed by atoms with Crippen LogP contribution in [-0.4, -0.2) is 35.7 Å². The van der Waals surface area contributed by atoms with Crippen LogP contribution < -0.4 is 0 Å². The highest BCUT2D eigenvalue weighted by molar-refractivity contribution is 5.57. The van der Waals surface area contributed by atoms with Crippen LogP contribution in [0, 0.1) is 4.91 Å². The molecule has 0 aromatic rings. The Morgan fingerprint density at radius 2 is 2.33 bits per heavy atom. The van der Waals surface area contributed by atoms with Crippen LogP contribution in [-0.2, 0) is 9.53 Å². The van der Waals surface area contributed by atoms with E-state index in [1.54, 1.807) is 6.92 Å². The maximum atomic E-state index is 10.3. The van der Waals surface area contributed by atoms with Crippen LogP contribution in [0.25, 0.3) is 0 Å². The lowest BCUT2D eigenvalue weighted by Gasteiger charge is -2.31. The highest BCUT2D eigenvalue weighted by Gasteiger charge is 2.36. The van der Waals surface area contributed by atoms with Gasteiger partial charge in [0.25, 0.3) is 0 Å². The molecule has 0 aromatic heterocycles. The first-order valence-corrected chi connectivity index (χ1v) is 3.80. The van der Waals surface area contributed by atoms with Crippen LogP contribution in [0.5, 0.6) is 0 Å². The van der Waals surface area contributed by atoms with Crippen molar-refractivity contribution in [1.82, 2.24) is 0 Å². The molecule has 4 atom stereocenters. The first-order chi connectivity index (χ1) is 5.69. The first kappa shape index (κ1) is 9.28. The fourth-order valence-electron chi connectivity index (χ4n) is 1.32. The molecule has 0 aliphatic carbocycles. The Balaban J connectivity index is 2.66. The number of ether oxygens (including phenoxy) is 1. The largest absolute Gasteiger partial charge is 0.388 e. The summed E-state index contributed by atoms with van der Waals surface area (Å²) in [6.45, 7) is 1.74. The van der Waals surface area contributed by atoms with Crippen molar-refractivity contribution in [2.45, 2.75) is 37.7 Å². The van der Waals surface area contributed by atoms with Crippen molar-refractivity contribution in [3.8, 4) is 0 Å². The quantitative estimate of drug-likeness (QED) is 0.465. The summed E-state index contributed by atoms with van der Waals surface area (Å²) < 4.78 is 5.06. The van der Waals surface area contributed by atoms with E-state index >= 15 is 0 Å². The Kier molecular flexibility index (Phi) is 2.88. The lowest BCUT2D eigenvalue weighted by molar-refractivity contribution is -0.144. The molecular weight excluding hydrogens is 162 g/mol. The zero-order valence-electron chi connectivity index (χ0n) is 6.71. The molecule has 0 radical (unpaired) electrons. The maximum Gasteiger partial charge on any atom is 0.151 e. The minimum Gasteiger partial charge on any atom is -0.388 e. The molecule has 1 N–H and O–H groups in total. The number of aliphatic hydroxyl groups excluding tert-OH is 1. The normalized spacial score (nSPS) is 42.2. The Morgan fingerprint density at radius 1 is 1.67 bits per heavy atom. The van der Waals surface area contributed by atoms with E-state index in [0.29, 0.717) is 12.7 Å². The van der Waals surface area contributed by atoms with Crippen molar-refractivity contribution in [3.63, 3.8) is 0 Å². The molecule has 1 rings (SSSR count).